The molecule has 0 spiro atoms. The molecule has 5 heteroatoms. The molecule has 0 aliphatic heterocycles. The van der Waals surface area contributed by atoms with Crippen LogP contribution in [0, 0.1) is 0 Å². The number of allylic oxidation sites excluding steroid dienone is 2. The number of hydrogen-bond acceptors (Lipinski definition) is 4. The van der Waals surface area contributed by atoms with E-state index in [-0.39, 0.29) is 24.2 Å². The van der Waals surface area contributed by atoms with Crippen LogP contribution in [-0.4, -0.2) is 25.6 Å². The number of ether oxygens (including phenoxy) is 1. The van der Waals surface area contributed by atoms with Crippen LogP contribution >= 0.6 is 0 Å². The molecule has 0 fully saturated rings. The van der Waals surface area contributed by atoms with Crippen molar-refractivity contribution in [1.29, 1.82) is 0 Å². The summed E-state index contributed by atoms with van der Waals surface area (Å²) in [6, 6.07) is 7.17. The fraction of sp³-hybridized carbons (Fsp3) is 0.412. The van der Waals surface area contributed by atoms with Crippen molar-refractivity contribution in [3.05, 3.63) is 47.0 Å². The van der Waals surface area contributed by atoms with Gasteiger partial charge in [-0.2, -0.15) is 0 Å². The molecule has 1 atom stereocenters. The average molecular weight is 305 g/mol. The standard InChI is InChI=1S/C17H23NO4/c1-5-22-16(19)11-13(10-12(2)3)14-8-6-7-9-15(14)17(20)18-21-4/h6-10,13H,5,11H2,1-4H3,(H,18,20)/t13-/m0/s1. The second-order valence-electron chi connectivity index (χ2n) is 5.08. The first kappa shape index (κ1) is 17.9. The fourth-order valence-electron chi connectivity index (χ4n) is 2.24. The Labute approximate surface area is 131 Å². The summed E-state index contributed by atoms with van der Waals surface area (Å²) in [7, 11) is 1.38. The molecule has 0 aliphatic carbocycles. The summed E-state index contributed by atoms with van der Waals surface area (Å²) in [5.74, 6) is -0.844. The molecule has 1 aromatic carbocycles. The number of esters is 1. The summed E-state index contributed by atoms with van der Waals surface area (Å²) >= 11 is 0. The zero-order chi connectivity index (χ0) is 16.5. The predicted octanol–water partition coefficient (Wildman–Crippen LogP) is 2.98. The van der Waals surface area contributed by atoms with Crippen molar-refractivity contribution < 1.29 is 19.2 Å². The van der Waals surface area contributed by atoms with Crippen molar-refractivity contribution in [1.82, 2.24) is 5.48 Å². The maximum Gasteiger partial charge on any atom is 0.306 e. The van der Waals surface area contributed by atoms with Crippen LogP contribution in [0.5, 0.6) is 0 Å². The Bertz CT molecular complexity index is 547. The van der Waals surface area contributed by atoms with E-state index in [9.17, 15) is 9.59 Å². The van der Waals surface area contributed by atoms with Crippen LogP contribution in [0.15, 0.2) is 35.9 Å². The highest BCUT2D eigenvalue weighted by Crippen LogP contribution is 2.26. The number of benzene rings is 1. The van der Waals surface area contributed by atoms with E-state index < -0.39 is 0 Å². The molecule has 1 amide bonds. The van der Waals surface area contributed by atoms with Gasteiger partial charge in [0.15, 0.2) is 0 Å². The second-order valence-corrected chi connectivity index (χ2v) is 5.08. The molecule has 5 nitrogen and oxygen atoms in total. The van der Waals surface area contributed by atoms with E-state index in [1.807, 2.05) is 32.1 Å². The van der Waals surface area contributed by atoms with Gasteiger partial charge in [0.2, 0.25) is 0 Å². The maximum absolute atomic E-state index is 12.1. The molecule has 0 radical (unpaired) electrons. The quantitative estimate of drug-likeness (QED) is 0.478. The van der Waals surface area contributed by atoms with Gasteiger partial charge in [0.05, 0.1) is 20.1 Å². The van der Waals surface area contributed by atoms with E-state index in [0.29, 0.717) is 12.2 Å². The second kappa shape index (κ2) is 9.00. The van der Waals surface area contributed by atoms with Crippen LogP contribution in [0.25, 0.3) is 0 Å². The van der Waals surface area contributed by atoms with Gasteiger partial charge in [0.25, 0.3) is 5.91 Å². The van der Waals surface area contributed by atoms with Gasteiger partial charge in [0.1, 0.15) is 0 Å². The number of hydroxylamine groups is 1. The lowest BCUT2D eigenvalue weighted by Crippen LogP contribution is -2.24. The zero-order valence-electron chi connectivity index (χ0n) is 13.5. The molecule has 0 aliphatic rings. The molecular weight excluding hydrogens is 282 g/mol. The van der Waals surface area contributed by atoms with Crippen molar-refractivity contribution in [2.75, 3.05) is 13.7 Å². The number of carbonyl (C=O) groups excluding carboxylic acids is 2. The number of rotatable bonds is 7. The van der Waals surface area contributed by atoms with Gasteiger partial charge < -0.3 is 4.74 Å². The number of amides is 1. The van der Waals surface area contributed by atoms with Crippen molar-refractivity contribution in [3.63, 3.8) is 0 Å². The SMILES string of the molecule is CCOC(=O)C[C@H](C=C(C)C)c1ccccc1C(=O)NOC. The topological polar surface area (TPSA) is 64.6 Å². The van der Waals surface area contributed by atoms with Crippen LogP contribution in [0.4, 0.5) is 0 Å². The van der Waals surface area contributed by atoms with Gasteiger partial charge >= 0.3 is 5.97 Å². The highest BCUT2D eigenvalue weighted by Gasteiger charge is 2.20. The maximum atomic E-state index is 12.1. The summed E-state index contributed by atoms with van der Waals surface area (Å²) in [5, 5.41) is 0. The molecule has 0 aromatic heterocycles. The Hall–Kier alpha value is -2.14. The summed E-state index contributed by atoms with van der Waals surface area (Å²) in [4.78, 5) is 28.6. The Kier molecular flexibility index (Phi) is 7.32. The largest absolute Gasteiger partial charge is 0.466 e. The molecule has 0 saturated heterocycles. The predicted molar refractivity (Wildman–Crippen MR) is 84.3 cm³/mol. The van der Waals surface area contributed by atoms with Gasteiger partial charge in [-0.3, -0.25) is 14.4 Å². The lowest BCUT2D eigenvalue weighted by molar-refractivity contribution is -0.143. The van der Waals surface area contributed by atoms with E-state index in [0.717, 1.165) is 11.1 Å². The van der Waals surface area contributed by atoms with Crippen molar-refractivity contribution >= 4 is 11.9 Å². The first-order valence-electron chi connectivity index (χ1n) is 7.22. The highest BCUT2D eigenvalue weighted by atomic mass is 16.6. The molecule has 22 heavy (non-hydrogen) atoms. The summed E-state index contributed by atoms with van der Waals surface area (Å²) < 4.78 is 5.03. The first-order chi connectivity index (χ1) is 10.5. The first-order valence-corrected chi connectivity index (χ1v) is 7.22. The molecule has 120 valence electrons. The summed E-state index contributed by atoms with van der Waals surface area (Å²) in [6.45, 7) is 6.02. The minimum Gasteiger partial charge on any atom is -0.466 e. The minimum atomic E-state index is -0.339. The third-order valence-corrected chi connectivity index (χ3v) is 3.03. The summed E-state index contributed by atoms with van der Waals surface area (Å²) in [6.07, 6.45) is 2.16. The molecule has 1 rings (SSSR count). The van der Waals surface area contributed by atoms with Crippen LogP contribution < -0.4 is 5.48 Å². The Morgan fingerprint density at radius 1 is 1.27 bits per heavy atom. The van der Waals surface area contributed by atoms with Gasteiger partial charge in [-0.1, -0.05) is 29.8 Å². The normalized spacial score (nSPS) is 11.5. The lowest BCUT2D eigenvalue weighted by atomic mass is 9.89. The number of hydrogen-bond donors (Lipinski definition) is 1. The Morgan fingerprint density at radius 3 is 2.55 bits per heavy atom. The smallest absolute Gasteiger partial charge is 0.306 e. The molecule has 0 bridgehead atoms. The monoisotopic (exact) mass is 305 g/mol. The molecule has 0 heterocycles. The van der Waals surface area contributed by atoms with Crippen molar-refractivity contribution in [2.45, 2.75) is 33.1 Å². The lowest BCUT2D eigenvalue weighted by Gasteiger charge is -2.17. The number of carbonyl (C=O) groups is 2. The van der Waals surface area contributed by atoms with E-state index in [1.54, 1.807) is 19.1 Å². The molecule has 1 N–H and O–H groups in total. The van der Waals surface area contributed by atoms with E-state index in [4.69, 9.17) is 4.74 Å². The molecule has 1 aromatic rings. The fourth-order valence-corrected chi connectivity index (χ4v) is 2.24. The van der Waals surface area contributed by atoms with E-state index in [1.165, 1.54) is 7.11 Å². The highest BCUT2D eigenvalue weighted by molar-refractivity contribution is 5.95. The van der Waals surface area contributed by atoms with Gasteiger partial charge in [-0.05, 0) is 32.4 Å². The third-order valence-electron chi connectivity index (χ3n) is 3.03. The minimum absolute atomic E-state index is 0.191. The zero-order valence-corrected chi connectivity index (χ0v) is 13.5. The van der Waals surface area contributed by atoms with E-state index in [2.05, 4.69) is 10.3 Å². The van der Waals surface area contributed by atoms with Crippen molar-refractivity contribution in [2.24, 2.45) is 0 Å². The number of nitrogens with one attached hydrogen (secondary N) is 1. The summed E-state index contributed by atoms with van der Waals surface area (Å²) in [5.41, 5.74) is 4.63. The van der Waals surface area contributed by atoms with Crippen LogP contribution in [0.2, 0.25) is 0 Å². The van der Waals surface area contributed by atoms with Gasteiger partial charge in [-0.15, -0.1) is 0 Å². The van der Waals surface area contributed by atoms with Crippen LogP contribution in [-0.2, 0) is 14.4 Å². The molecule has 0 saturated carbocycles. The third kappa shape index (κ3) is 5.33. The molecular formula is C17H23NO4. The van der Waals surface area contributed by atoms with Crippen molar-refractivity contribution in [3.8, 4) is 0 Å². The average Bonchev–Trinajstić information content (AvgIpc) is 2.46. The molecule has 0 unspecified atom stereocenters. The van der Waals surface area contributed by atoms with Crippen LogP contribution in [0.1, 0.15) is 49.0 Å². The van der Waals surface area contributed by atoms with Gasteiger partial charge in [0, 0.05) is 11.5 Å². The van der Waals surface area contributed by atoms with Crippen LogP contribution in [0.3, 0.4) is 0 Å². The Balaban J connectivity index is 3.16. The Morgan fingerprint density at radius 2 is 1.95 bits per heavy atom. The van der Waals surface area contributed by atoms with E-state index >= 15 is 0 Å². The van der Waals surface area contributed by atoms with Gasteiger partial charge in [-0.25, -0.2) is 5.48 Å².